The van der Waals surface area contributed by atoms with E-state index in [2.05, 4.69) is 11.1 Å². The molecule has 7 heteroatoms. The summed E-state index contributed by atoms with van der Waals surface area (Å²) in [7, 11) is 0. The van der Waals surface area contributed by atoms with Gasteiger partial charge in [-0.15, -0.1) is 11.3 Å². The highest BCUT2D eigenvalue weighted by atomic mass is 32.2. The molecule has 0 bridgehead atoms. The van der Waals surface area contributed by atoms with E-state index in [-0.39, 0.29) is 11.9 Å². The maximum absolute atomic E-state index is 11.8. The maximum atomic E-state index is 11.8. The number of thiazole rings is 1. The molecule has 0 N–H and O–H groups in total. The minimum Gasteiger partial charge on any atom is -0.463 e. The summed E-state index contributed by atoms with van der Waals surface area (Å²) in [5.74, 6) is -0.148. The van der Waals surface area contributed by atoms with Crippen molar-refractivity contribution in [3.63, 3.8) is 0 Å². The van der Waals surface area contributed by atoms with E-state index in [9.17, 15) is 9.59 Å². The molecule has 0 atom stereocenters. The van der Waals surface area contributed by atoms with Crippen molar-refractivity contribution < 1.29 is 19.1 Å². The van der Waals surface area contributed by atoms with Gasteiger partial charge in [0.25, 0.3) is 0 Å². The molecule has 2 aromatic carbocycles. The predicted octanol–water partition coefficient (Wildman–Crippen LogP) is 5.74. The van der Waals surface area contributed by atoms with E-state index in [1.807, 2.05) is 36.4 Å². The Morgan fingerprint density at radius 2 is 1.55 bits per heavy atom. The average molecular weight is 454 g/mol. The highest BCUT2D eigenvalue weighted by molar-refractivity contribution is 8.00. The molecule has 0 aliphatic heterocycles. The van der Waals surface area contributed by atoms with E-state index in [4.69, 9.17) is 9.47 Å². The molecule has 0 aliphatic carbocycles. The predicted molar refractivity (Wildman–Crippen MR) is 127 cm³/mol. The molecule has 1 heterocycles. The van der Waals surface area contributed by atoms with Gasteiger partial charge in [-0.05, 0) is 54.8 Å². The molecule has 1 aromatic heterocycles. The van der Waals surface area contributed by atoms with Gasteiger partial charge < -0.3 is 9.47 Å². The van der Waals surface area contributed by atoms with Crippen molar-refractivity contribution in [2.75, 3.05) is 13.2 Å². The van der Waals surface area contributed by atoms with E-state index in [0.717, 1.165) is 31.2 Å². The van der Waals surface area contributed by atoms with Crippen molar-refractivity contribution in [2.24, 2.45) is 0 Å². The molecule has 0 saturated carbocycles. The smallest absolute Gasteiger partial charge is 0.330 e. The third kappa shape index (κ3) is 6.54. The molecule has 0 spiro atoms. The lowest BCUT2D eigenvalue weighted by Crippen LogP contribution is -2.00. The number of para-hydroxylation sites is 1. The number of carbonyl (C=O) groups excluding carboxylic acids is 2. The monoisotopic (exact) mass is 453 g/mol. The Bertz CT molecular complexity index is 1040. The topological polar surface area (TPSA) is 65.5 Å². The van der Waals surface area contributed by atoms with E-state index < -0.39 is 0 Å². The summed E-state index contributed by atoms with van der Waals surface area (Å²) in [4.78, 5) is 28.2. The first kappa shape index (κ1) is 22.8. The fourth-order valence-corrected chi connectivity index (χ4v) is 4.99. The molecule has 160 valence electrons. The van der Waals surface area contributed by atoms with Crippen molar-refractivity contribution in [2.45, 2.75) is 23.9 Å². The Hall–Kier alpha value is -2.90. The van der Waals surface area contributed by atoms with Crippen LogP contribution in [0.25, 0.3) is 22.4 Å². The first-order valence-electron chi connectivity index (χ1n) is 9.90. The van der Waals surface area contributed by atoms with E-state index >= 15 is 0 Å². The Morgan fingerprint density at radius 1 is 0.935 bits per heavy atom. The van der Waals surface area contributed by atoms with Crippen LogP contribution in [0.5, 0.6) is 0 Å². The third-order valence-electron chi connectivity index (χ3n) is 4.23. The Labute approximate surface area is 189 Å². The lowest BCUT2D eigenvalue weighted by Gasteiger charge is -2.10. The second-order valence-corrected chi connectivity index (χ2v) is 8.58. The Balaban J connectivity index is 1.88. The van der Waals surface area contributed by atoms with Gasteiger partial charge in [0.15, 0.2) is 4.34 Å². The fourth-order valence-electron chi connectivity index (χ4n) is 2.85. The Kier molecular flexibility index (Phi) is 8.44. The molecule has 0 amide bonds. The van der Waals surface area contributed by atoms with E-state index in [0.29, 0.717) is 19.0 Å². The summed E-state index contributed by atoms with van der Waals surface area (Å²) in [6, 6.07) is 13.8. The van der Waals surface area contributed by atoms with Crippen LogP contribution in [0.3, 0.4) is 0 Å². The number of benzene rings is 2. The normalized spacial score (nSPS) is 11.4. The van der Waals surface area contributed by atoms with Gasteiger partial charge in [-0.2, -0.15) is 0 Å². The molecule has 0 unspecified atom stereocenters. The highest BCUT2D eigenvalue weighted by Gasteiger charge is 2.10. The van der Waals surface area contributed by atoms with E-state index in [1.54, 1.807) is 49.1 Å². The summed E-state index contributed by atoms with van der Waals surface area (Å²) in [6.45, 7) is 4.19. The number of thioether (sulfide) groups is 1. The summed E-state index contributed by atoms with van der Waals surface area (Å²) >= 11 is 3.27. The number of fused-ring (bicyclic) bond motifs is 1. The van der Waals surface area contributed by atoms with Gasteiger partial charge in [-0.1, -0.05) is 42.1 Å². The number of esters is 2. The molecule has 0 saturated heterocycles. The molecule has 3 aromatic rings. The van der Waals surface area contributed by atoms with Crippen molar-refractivity contribution in [1.29, 1.82) is 0 Å². The van der Waals surface area contributed by atoms with Crippen LogP contribution in [-0.4, -0.2) is 30.1 Å². The lowest BCUT2D eigenvalue weighted by atomic mass is 10.0. The molecule has 3 rings (SSSR count). The summed E-state index contributed by atoms with van der Waals surface area (Å²) in [5.41, 5.74) is 3.74. The molecule has 0 aliphatic rings. The summed E-state index contributed by atoms with van der Waals surface area (Å²) in [6.07, 6.45) is 6.33. The van der Waals surface area contributed by atoms with Crippen molar-refractivity contribution in [3.05, 3.63) is 71.3 Å². The first-order chi connectivity index (χ1) is 15.1. The average Bonchev–Trinajstić information content (AvgIpc) is 3.18. The number of hydrogen-bond donors (Lipinski definition) is 0. The number of aromatic nitrogens is 1. The standard InChI is InChI=1S/C24H23NO4S2/c1-3-28-22(26)14-12-17-8-7-9-18(13-15-23(27)29-4-2)19(17)16-30-24-25-20-10-5-6-11-21(20)31-24/h5-15H,3-4,16H2,1-2H3/b14-12+,15-13+. The van der Waals surface area contributed by atoms with Gasteiger partial charge >= 0.3 is 11.9 Å². The second kappa shape index (κ2) is 11.5. The van der Waals surface area contributed by atoms with Crippen LogP contribution in [0.2, 0.25) is 0 Å². The molecular weight excluding hydrogens is 430 g/mol. The van der Waals surface area contributed by atoms with Gasteiger partial charge in [-0.3, -0.25) is 0 Å². The lowest BCUT2D eigenvalue weighted by molar-refractivity contribution is -0.138. The minimum absolute atomic E-state index is 0.325. The maximum Gasteiger partial charge on any atom is 0.330 e. The number of carbonyl (C=O) groups is 2. The van der Waals surface area contributed by atoms with Gasteiger partial charge in [0.2, 0.25) is 0 Å². The van der Waals surface area contributed by atoms with Crippen LogP contribution in [0.4, 0.5) is 0 Å². The third-order valence-corrected chi connectivity index (χ3v) is 6.44. The van der Waals surface area contributed by atoms with Crippen LogP contribution in [0, 0.1) is 0 Å². The molecule has 0 fully saturated rings. The molecule has 0 radical (unpaired) electrons. The zero-order valence-corrected chi connectivity index (χ0v) is 19.0. The molecular formula is C24H23NO4S2. The second-order valence-electron chi connectivity index (χ2n) is 6.32. The number of hydrogen-bond acceptors (Lipinski definition) is 7. The van der Waals surface area contributed by atoms with Gasteiger partial charge in [0.05, 0.1) is 23.4 Å². The minimum atomic E-state index is -0.389. The van der Waals surface area contributed by atoms with E-state index in [1.165, 1.54) is 12.2 Å². The van der Waals surface area contributed by atoms with Crippen LogP contribution < -0.4 is 0 Å². The van der Waals surface area contributed by atoms with Crippen LogP contribution in [0.15, 0.2) is 59.0 Å². The van der Waals surface area contributed by atoms with Crippen molar-refractivity contribution in [3.8, 4) is 0 Å². The quantitative estimate of drug-likeness (QED) is 0.234. The fraction of sp³-hybridized carbons (Fsp3) is 0.208. The largest absolute Gasteiger partial charge is 0.463 e. The van der Waals surface area contributed by atoms with Crippen LogP contribution >= 0.6 is 23.1 Å². The Morgan fingerprint density at radius 3 is 2.13 bits per heavy atom. The zero-order chi connectivity index (χ0) is 22.1. The van der Waals surface area contributed by atoms with Crippen molar-refractivity contribution >= 4 is 57.4 Å². The summed E-state index contributed by atoms with van der Waals surface area (Å²) in [5, 5.41) is 0. The molecule has 31 heavy (non-hydrogen) atoms. The SMILES string of the molecule is CCOC(=O)/C=C/c1cccc(/C=C/C(=O)OCC)c1CSc1nc2ccccc2s1. The highest BCUT2D eigenvalue weighted by Crippen LogP contribution is 2.33. The van der Waals surface area contributed by atoms with Crippen molar-refractivity contribution in [1.82, 2.24) is 4.98 Å². The number of rotatable bonds is 9. The number of nitrogens with zero attached hydrogens (tertiary/aromatic N) is 1. The van der Waals surface area contributed by atoms with Crippen LogP contribution in [0.1, 0.15) is 30.5 Å². The van der Waals surface area contributed by atoms with Gasteiger partial charge in [0, 0.05) is 17.9 Å². The van der Waals surface area contributed by atoms with Crippen LogP contribution in [-0.2, 0) is 24.8 Å². The summed E-state index contributed by atoms with van der Waals surface area (Å²) < 4.78 is 12.1. The van der Waals surface area contributed by atoms with Gasteiger partial charge in [-0.25, -0.2) is 14.6 Å². The van der Waals surface area contributed by atoms with Gasteiger partial charge in [0.1, 0.15) is 0 Å². The molecule has 5 nitrogen and oxygen atoms in total. The number of ether oxygens (including phenoxy) is 2. The zero-order valence-electron chi connectivity index (χ0n) is 17.4. The first-order valence-corrected chi connectivity index (χ1v) is 11.7.